The average Bonchev–Trinajstić information content (AvgIpc) is 2.86. The van der Waals surface area contributed by atoms with Crippen LogP contribution in [0.25, 0.3) is 21.7 Å². The molecule has 0 bridgehead atoms. The smallest absolute Gasteiger partial charge is 0.338 e. The number of fused-ring (bicyclic) bond motifs is 2. The van der Waals surface area contributed by atoms with Crippen LogP contribution >= 0.6 is 0 Å². The van der Waals surface area contributed by atoms with E-state index in [1.165, 1.54) is 11.5 Å². The molecule has 33 heavy (non-hydrogen) atoms. The summed E-state index contributed by atoms with van der Waals surface area (Å²) in [7, 11) is 1.69. The number of pyridine rings is 1. The van der Waals surface area contributed by atoms with E-state index < -0.39 is 0 Å². The first-order chi connectivity index (χ1) is 16.2. The standard InChI is InChI=1S/C26H28N4O3/c1-32-20-8-7-19-9-11-28-26(22(19)17-20)30-15-13-29(14-16-30)12-4-10-27-23-18-25(31)33-24-6-3-2-5-21(23)24/h2-3,5-9,11,17-18,27H,4,10,12-16H2,1H3. The number of methoxy groups -OCH3 is 1. The van der Waals surface area contributed by atoms with Gasteiger partial charge in [-0.25, -0.2) is 9.78 Å². The third-order valence-corrected chi connectivity index (χ3v) is 6.24. The van der Waals surface area contributed by atoms with E-state index in [1.54, 1.807) is 7.11 Å². The molecule has 7 heteroatoms. The van der Waals surface area contributed by atoms with E-state index in [9.17, 15) is 4.79 Å². The van der Waals surface area contributed by atoms with Gasteiger partial charge in [-0.1, -0.05) is 18.2 Å². The lowest BCUT2D eigenvalue weighted by Gasteiger charge is -2.36. The van der Waals surface area contributed by atoms with Crippen molar-refractivity contribution in [2.24, 2.45) is 0 Å². The fraction of sp³-hybridized carbons (Fsp3) is 0.308. The maximum Gasteiger partial charge on any atom is 0.338 e. The fourth-order valence-corrected chi connectivity index (χ4v) is 4.48. The molecule has 2 aromatic heterocycles. The molecule has 0 radical (unpaired) electrons. The van der Waals surface area contributed by atoms with Crippen molar-refractivity contribution in [2.75, 3.05) is 56.6 Å². The summed E-state index contributed by atoms with van der Waals surface area (Å²) in [5.41, 5.74) is 1.12. The van der Waals surface area contributed by atoms with Gasteiger partial charge in [0.25, 0.3) is 0 Å². The molecule has 3 heterocycles. The molecule has 170 valence electrons. The Morgan fingerprint density at radius 3 is 2.73 bits per heavy atom. The number of hydrogen-bond donors (Lipinski definition) is 1. The molecule has 0 unspecified atom stereocenters. The van der Waals surface area contributed by atoms with Crippen LogP contribution in [0, 0.1) is 0 Å². The largest absolute Gasteiger partial charge is 0.497 e. The number of benzene rings is 2. The molecule has 1 fully saturated rings. The lowest BCUT2D eigenvalue weighted by molar-refractivity contribution is 0.257. The van der Waals surface area contributed by atoms with E-state index in [1.807, 2.05) is 42.6 Å². The zero-order valence-corrected chi connectivity index (χ0v) is 18.8. The summed E-state index contributed by atoms with van der Waals surface area (Å²) in [6.07, 6.45) is 2.88. The van der Waals surface area contributed by atoms with Crippen molar-refractivity contribution >= 4 is 33.2 Å². The summed E-state index contributed by atoms with van der Waals surface area (Å²) in [6.45, 7) is 5.71. The van der Waals surface area contributed by atoms with Gasteiger partial charge in [0, 0.05) is 55.8 Å². The fourth-order valence-electron chi connectivity index (χ4n) is 4.48. The quantitative estimate of drug-likeness (QED) is 0.342. The molecule has 5 rings (SSSR count). The topological polar surface area (TPSA) is 70.8 Å². The minimum atomic E-state index is -0.327. The van der Waals surface area contributed by atoms with Crippen molar-refractivity contribution < 1.29 is 9.15 Å². The van der Waals surface area contributed by atoms with Gasteiger partial charge in [0.05, 0.1) is 12.8 Å². The van der Waals surface area contributed by atoms with Gasteiger partial charge in [0.1, 0.15) is 17.2 Å². The first kappa shape index (κ1) is 21.3. The monoisotopic (exact) mass is 444 g/mol. The van der Waals surface area contributed by atoms with Crippen LogP contribution in [0.15, 0.2) is 70.0 Å². The minimum Gasteiger partial charge on any atom is -0.497 e. The molecular formula is C26H28N4O3. The van der Waals surface area contributed by atoms with Gasteiger partial charge in [0.2, 0.25) is 0 Å². The molecule has 0 amide bonds. The normalized spacial score (nSPS) is 14.6. The summed E-state index contributed by atoms with van der Waals surface area (Å²) >= 11 is 0. The minimum absolute atomic E-state index is 0.327. The second kappa shape index (κ2) is 9.50. The first-order valence-corrected chi connectivity index (χ1v) is 11.4. The third-order valence-electron chi connectivity index (χ3n) is 6.24. The Bertz CT molecular complexity index is 1310. The summed E-state index contributed by atoms with van der Waals surface area (Å²) in [5, 5.41) is 6.66. The van der Waals surface area contributed by atoms with Crippen LogP contribution in [0.5, 0.6) is 5.75 Å². The maximum absolute atomic E-state index is 11.8. The van der Waals surface area contributed by atoms with Gasteiger partial charge in [-0.2, -0.15) is 0 Å². The molecule has 2 aromatic carbocycles. The van der Waals surface area contributed by atoms with Crippen molar-refractivity contribution in [2.45, 2.75) is 6.42 Å². The zero-order valence-electron chi connectivity index (χ0n) is 18.8. The number of nitrogens with zero attached hydrogens (tertiary/aromatic N) is 3. The van der Waals surface area contributed by atoms with Crippen molar-refractivity contribution in [1.82, 2.24) is 9.88 Å². The van der Waals surface area contributed by atoms with Crippen LogP contribution in [0.2, 0.25) is 0 Å². The molecule has 0 saturated carbocycles. The highest BCUT2D eigenvalue weighted by atomic mass is 16.5. The highest BCUT2D eigenvalue weighted by molar-refractivity contribution is 5.93. The van der Waals surface area contributed by atoms with Crippen LogP contribution in [-0.2, 0) is 0 Å². The van der Waals surface area contributed by atoms with E-state index in [-0.39, 0.29) is 5.63 Å². The Labute approximate surface area is 192 Å². The Hall–Kier alpha value is -3.58. The van der Waals surface area contributed by atoms with Crippen molar-refractivity contribution in [3.8, 4) is 5.75 Å². The molecular weight excluding hydrogens is 416 g/mol. The number of piperazine rings is 1. The summed E-state index contributed by atoms with van der Waals surface area (Å²) in [6, 6.07) is 17.3. The highest BCUT2D eigenvalue weighted by Crippen LogP contribution is 2.29. The summed E-state index contributed by atoms with van der Waals surface area (Å²) < 4.78 is 10.7. The van der Waals surface area contributed by atoms with E-state index in [0.29, 0.717) is 5.58 Å². The Morgan fingerprint density at radius 2 is 1.88 bits per heavy atom. The van der Waals surface area contributed by atoms with Gasteiger partial charge >= 0.3 is 5.63 Å². The van der Waals surface area contributed by atoms with Crippen LogP contribution in [0.4, 0.5) is 11.5 Å². The lowest BCUT2D eigenvalue weighted by Crippen LogP contribution is -2.47. The van der Waals surface area contributed by atoms with E-state index >= 15 is 0 Å². The predicted octanol–water partition coefficient (Wildman–Crippen LogP) is 3.97. The van der Waals surface area contributed by atoms with Crippen LogP contribution < -0.4 is 20.6 Å². The predicted molar refractivity (Wildman–Crippen MR) is 133 cm³/mol. The molecule has 1 aliphatic heterocycles. The summed E-state index contributed by atoms with van der Waals surface area (Å²) in [4.78, 5) is 21.4. The van der Waals surface area contributed by atoms with Gasteiger partial charge in [-0.05, 0) is 48.7 Å². The molecule has 0 aliphatic carbocycles. The number of anilines is 2. The second-order valence-corrected chi connectivity index (χ2v) is 8.31. The lowest BCUT2D eigenvalue weighted by atomic mass is 10.1. The average molecular weight is 445 g/mol. The van der Waals surface area contributed by atoms with Gasteiger partial charge in [-0.3, -0.25) is 4.90 Å². The molecule has 0 atom stereocenters. The maximum atomic E-state index is 11.8. The molecule has 1 N–H and O–H groups in total. The number of para-hydroxylation sites is 1. The number of aromatic nitrogens is 1. The number of rotatable bonds is 7. The van der Waals surface area contributed by atoms with Crippen molar-refractivity contribution in [3.63, 3.8) is 0 Å². The third kappa shape index (κ3) is 4.64. The van der Waals surface area contributed by atoms with Crippen molar-refractivity contribution in [3.05, 3.63) is 71.2 Å². The van der Waals surface area contributed by atoms with Gasteiger partial charge < -0.3 is 19.4 Å². The highest BCUT2D eigenvalue weighted by Gasteiger charge is 2.19. The Balaban J connectivity index is 1.16. The molecule has 7 nitrogen and oxygen atoms in total. The van der Waals surface area contributed by atoms with E-state index in [2.05, 4.69) is 32.2 Å². The number of ether oxygens (including phenoxy) is 1. The Morgan fingerprint density at radius 1 is 1.03 bits per heavy atom. The zero-order chi connectivity index (χ0) is 22.6. The number of hydrogen-bond acceptors (Lipinski definition) is 7. The van der Waals surface area contributed by atoms with E-state index in [0.717, 1.165) is 73.7 Å². The second-order valence-electron chi connectivity index (χ2n) is 8.31. The molecule has 1 saturated heterocycles. The van der Waals surface area contributed by atoms with E-state index in [4.69, 9.17) is 9.15 Å². The van der Waals surface area contributed by atoms with Crippen LogP contribution in [-0.4, -0.2) is 56.3 Å². The van der Waals surface area contributed by atoms with Crippen LogP contribution in [0.3, 0.4) is 0 Å². The van der Waals surface area contributed by atoms with Gasteiger partial charge in [0.15, 0.2) is 0 Å². The molecule has 1 aliphatic rings. The summed E-state index contributed by atoms with van der Waals surface area (Å²) in [5.74, 6) is 1.88. The van der Waals surface area contributed by atoms with Gasteiger partial charge in [-0.15, -0.1) is 0 Å². The first-order valence-electron chi connectivity index (χ1n) is 11.4. The molecule has 0 spiro atoms. The SMILES string of the molecule is COc1ccc2ccnc(N3CCN(CCCNc4cc(=O)oc5ccccc45)CC3)c2c1. The molecule has 4 aromatic rings. The van der Waals surface area contributed by atoms with Crippen LogP contribution in [0.1, 0.15) is 6.42 Å². The Kier molecular flexibility index (Phi) is 6.13. The number of nitrogens with one attached hydrogen (secondary N) is 1. The van der Waals surface area contributed by atoms with Crippen molar-refractivity contribution in [1.29, 1.82) is 0 Å².